The molecule has 0 aliphatic carbocycles. The van der Waals surface area contributed by atoms with Crippen LogP contribution in [0.3, 0.4) is 0 Å². The first-order valence-electron chi connectivity index (χ1n) is 10.5. The van der Waals surface area contributed by atoms with E-state index in [-0.39, 0.29) is 28.9 Å². The molecule has 1 aliphatic rings. The molecule has 0 bridgehead atoms. The van der Waals surface area contributed by atoms with Crippen LogP contribution in [0.5, 0.6) is 0 Å². The van der Waals surface area contributed by atoms with Crippen LogP contribution in [0.4, 0.5) is 0 Å². The molecule has 2 aromatic carbocycles. The fourth-order valence-electron chi connectivity index (χ4n) is 4.14. The molecule has 0 radical (unpaired) electrons. The molecule has 32 heavy (non-hydrogen) atoms. The van der Waals surface area contributed by atoms with Gasteiger partial charge in [-0.15, -0.1) is 0 Å². The predicted octanol–water partition coefficient (Wildman–Crippen LogP) is 3.71. The minimum atomic E-state index is -3.43. The smallest absolute Gasteiger partial charge is 0.290 e. The van der Waals surface area contributed by atoms with Gasteiger partial charge < -0.3 is 13.9 Å². The first-order valence-corrected chi connectivity index (χ1v) is 12.3. The summed E-state index contributed by atoms with van der Waals surface area (Å²) in [6.07, 6.45) is 0. The highest BCUT2D eigenvalue weighted by Gasteiger charge is 2.27. The molecule has 0 fully saturated rings. The number of furan rings is 1. The van der Waals surface area contributed by atoms with Crippen molar-refractivity contribution in [3.05, 3.63) is 89.1 Å². The maximum Gasteiger partial charge on any atom is 0.290 e. The van der Waals surface area contributed by atoms with Crippen LogP contribution in [0.1, 0.15) is 33.3 Å². The SMILES string of the molecule is Cc1ccccc1CS(=O)(=O)Cc1ccc(C(=O)N2CCn3c(nc4ccccc43)C2)o1. The van der Waals surface area contributed by atoms with Crippen LogP contribution in [-0.4, -0.2) is 35.3 Å². The van der Waals surface area contributed by atoms with E-state index in [2.05, 4.69) is 9.55 Å². The Morgan fingerprint density at radius 3 is 2.62 bits per heavy atom. The number of carbonyl (C=O) groups is 1. The number of hydrogen-bond donors (Lipinski definition) is 0. The van der Waals surface area contributed by atoms with Gasteiger partial charge >= 0.3 is 0 Å². The van der Waals surface area contributed by atoms with Crippen LogP contribution in [0, 0.1) is 6.92 Å². The largest absolute Gasteiger partial charge is 0.455 e. The van der Waals surface area contributed by atoms with E-state index >= 15 is 0 Å². The monoisotopic (exact) mass is 449 g/mol. The van der Waals surface area contributed by atoms with Gasteiger partial charge in [0.15, 0.2) is 15.6 Å². The fraction of sp³-hybridized carbons (Fsp3) is 0.250. The van der Waals surface area contributed by atoms with Crippen molar-refractivity contribution in [3.8, 4) is 0 Å². The molecule has 0 spiro atoms. The molecular formula is C24H23N3O4S. The van der Waals surface area contributed by atoms with Gasteiger partial charge in [0.1, 0.15) is 17.3 Å². The highest BCUT2D eigenvalue weighted by atomic mass is 32.2. The lowest BCUT2D eigenvalue weighted by atomic mass is 10.1. The Kier molecular flexibility index (Phi) is 5.09. The van der Waals surface area contributed by atoms with Crippen LogP contribution in [0.15, 0.2) is 65.1 Å². The Balaban J connectivity index is 1.29. The van der Waals surface area contributed by atoms with E-state index in [1.54, 1.807) is 17.0 Å². The zero-order chi connectivity index (χ0) is 22.3. The van der Waals surface area contributed by atoms with Crippen LogP contribution in [-0.2, 0) is 34.4 Å². The first kappa shape index (κ1) is 20.5. The van der Waals surface area contributed by atoms with E-state index < -0.39 is 9.84 Å². The first-order chi connectivity index (χ1) is 15.4. The third-order valence-corrected chi connectivity index (χ3v) is 7.29. The normalized spacial score (nSPS) is 14.0. The number of aryl methyl sites for hydroxylation is 1. The third kappa shape index (κ3) is 3.93. The molecule has 1 amide bonds. The van der Waals surface area contributed by atoms with Crippen molar-refractivity contribution in [2.24, 2.45) is 0 Å². The Morgan fingerprint density at radius 1 is 1.00 bits per heavy atom. The molecule has 8 heteroatoms. The average molecular weight is 450 g/mol. The van der Waals surface area contributed by atoms with Crippen molar-refractivity contribution in [3.63, 3.8) is 0 Å². The summed E-state index contributed by atoms with van der Waals surface area (Å²) in [4.78, 5) is 19.3. The van der Waals surface area contributed by atoms with E-state index in [1.807, 2.05) is 55.5 Å². The quantitative estimate of drug-likeness (QED) is 0.464. The van der Waals surface area contributed by atoms with Gasteiger partial charge in [0.25, 0.3) is 5.91 Å². The summed E-state index contributed by atoms with van der Waals surface area (Å²) in [5.41, 5.74) is 3.68. The van der Waals surface area contributed by atoms with Crippen molar-refractivity contribution in [2.45, 2.75) is 31.5 Å². The van der Waals surface area contributed by atoms with E-state index in [0.717, 1.165) is 28.0 Å². The van der Waals surface area contributed by atoms with E-state index in [0.29, 0.717) is 19.6 Å². The number of carbonyl (C=O) groups excluding carboxylic acids is 1. The van der Waals surface area contributed by atoms with Gasteiger partial charge in [0, 0.05) is 13.1 Å². The summed E-state index contributed by atoms with van der Waals surface area (Å²) in [5, 5.41) is 0. The second-order valence-electron chi connectivity index (χ2n) is 8.12. The summed E-state index contributed by atoms with van der Waals surface area (Å²) in [6, 6.07) is 18.5. The van der Waals surface area contributed by atoms with Crippen molar-refractivity contribution >= 4 is 26.8 Å². The highest BCUT2D eigenvalue weighted by Crippen LogP contribution is 2.23. The number of para-hydroxylation sites is 2. The van der Waals surface area contributed by atoms with E-state index in [9.17, 15) is 13.2 Å². The lowest BCUT2D eigenvalue weighted by molar-refractivity contribution is 0.0675. The summed E-state index contributed by atoms with van der Waals surface area (Å²) >= 11 is 0. The van der Waals surface area contributed by atoms with E-state index in [1.165, 1.54) is 0 Å². The van der Waals surface area contributed by atoms with Crippen molar-refractivity contribution in [2.75, 3.05) is 6.54 Å². The number of benzene rings is 2. The molecule has 4 aromatic rings. The zero-order valence-electron chi connectivity index (χ0n) is 17.7. The molecule has 0 saturated carbocycles. The molecule has 3 heterocycles. The number of aromatic nitrogens is 2. The molecule has 5 rings (SSSR count). The predicted molar refractivity (Wildman–Crippen MR) is 121 cm³/mol. The summed E-state index contributed by atoms with van der Waals surface area (Å²) in [6.45, 7) is 3.46. The maximum atomic E-state index is 13.0. The number of imidazole rings is 1. The van der Waals surface area contributed by atoms with Gasteiger partial charge in [-0.05, 0) is 42.3 Å². The van der Waals surface area contributed by atoms with Crippen LogP contribution < -0.4 is 0 Å². The number of sulfone groups is 1. The number of nitrogens with zero attached hydrogens (tertiary/aromatic N) is 3. The van der Waals surface area contributed by atoms with Gasteiger partial charge in [-0.1, -0.05) is 36.4 Å². The Bertz CT molecular complexity index is 1420. The van der Waals surface area contributed by atoms with Gasteiger partial charge in [-0.25, -0.2) is 13.4 Å². The van der Waals surface area contributed by atoms with Crippen LogP contribution in [0.2, 0.25) is 0 Å². The molecule has 0 atom stereocenters. The van der Waals surface area contributed by atoms with Crippen molar-refractivity contribution in [1.29, 1.82) is 0 Å². The number of hydrogen-bond acceptors (Lipinski definition) is 5. The minimum Gasteiger partial charge on any atom is -0.455 e. The Hall–Kier alpha value is -3.39. The average Bonchev–Trinajstić information content (AvgIpc) is 3.38. The molecule has 0 unspecified atom stereocenters. The molecule has 0 N–H and O–H groups in total. The Labute approximate surface area is 186 Å². The lowest BCUT2D eigenvalue weighted by Gasteiger charge is -2.27. The number of fused-ring (bicyclic) bond motifs is 3. The third-order valence-electron chi connectivity index (χ3n) is 5.82. The highest BCUT2D eigenvalue weighted by molar-refractivity contribution is 7.89. The van der Waals surface area contributed by atoms with Crippen LogP contribution >= 0.6 is 0 Å². The molecule has 0 saturated heterocycles. The second kappa shape index (κ2) is 7.94. The van der Waals surface area contributed by atoms with Crippen LogP contribution in [0.25, 0.3) is 11.0 Å². The van der Waals surface area contributed by atoms with Gasteiger partial charge in [0.2, 0.25) is 0 Å². The van der Waals surface area contributed by atoms with Gasteiger partial charge in [-0.3, -0.25) is 4.79 Å². The summed E-state index contributed by atoms with van der Waals surface area (Å²) < 4.78 is 33.1. The topological polar surface area (TPSA) is 85.4 Å². The summed E-state index contributed by atoms with van der Waals surface area (Å²) in [5.74, 6) is 0.683. The Morgan fingerprint density at radius 2 is 1.78 bits per heavy atom. The molecule has 164 valence electrons. The van der Waals surface area contributed by atoms with Gasteiger partial charge in [-0.2, -0.15) is 0 Å². The second-order valence-corrected chi connectivity index (χ2v) is 10.2. The summed E-state index contributed by atoms with van der Waals surface area (Å²) in [7, 11) is -3.43. The molecule has 7 nitrogen and oxygen atoms in total. The zero-order valence-corrected chi connectivity index (χ0v) is 18.5. The van der Waals surface area contributed by atoms with E-state index in [4.69, 9.17) is 4.42 Å². The van der Waals surface area contributed by atoms with Gasteiger partial charge in [0.05, 0.1) is 23.3 Å². The molecule has 1 aliphatic heterocycles. The molecule has 2 aromatic heterocycles. The maximum absolute atomic E-state index is 13.0. The lowest BCUT2D eigenvalue weighted by Crippen LogP contribution is -2.38. The van der Waals surface area contributed by atoms with Crippen molar-refractivity contribution in [1.82, 2.24) is 14.5 Å². The minimum absolute atomic E-state index is 0.0635. The standard InChI is InChI=1S/C24H23N3O4S/c1-17-6-2-3-7-18(17)15-32(29,30)16-19-10-11-22(31-19)24(28)26-12-13-27-21-9-5-4-8-20(21)25-23(27)14-26/h2-11H,12-16H2,1H3. The molecular weight excluding hydrogens is 426 g/mol. The number of rotatable bonds is 5. The van der Waals surface area contributed by atoms with Crippen molar-refractivity contribution < 1.29 is 17.6 Å². The number of amides is 1. The fourth-order valence-corrected chi connectivity index (χ4v) is 5.63.